The second-order valence-corrected chi connectivity index (χ2v) is 4.72. The first kappa shape index (κ1) is 15.3. The molecule has 0 N–H and O–H groups in total. The maximum absolute atomic E-state index is 13.1. The summed E-state index contributed by atoms with van der Waals surface area (Å²) in [5, 5.41) is 0. The second-order valence-electron chi connectivity index (χ2n) is 4.45. The summed E-state index contributed by atoms with van der Waals surface area (Å²) in [6.45, 7) is 2.09. The number of rotatable bonds is 3. The number of alkyl halides is 1. The smallest absolute Gasteiger partial charge is 0.159 e. The molecule has 1 nitrogen and oxygen atoms in total. The van der Waals surface area contributed by atoms with Crippen LogP contribution < -0.4 is 4.74 Å². The normalized spacial score (nSPS) is 9.90. The Bertz CT molecular complexity index is 702. The molecule has 0 heterocycles. The first-order chi connectivity index (χ1) is 10.1. The molecule has 0 spiro atoms. The van der Waals surface area contributed by atoms with Crippen LogP contribution in [0.1, 0.15) is 16.7 Å². The number of hydrogen-bond acceptors (Lipinski definition) is 1. The van der Waals surface area contributed by atoms with Crippen LogP contribution in [0.5, 0.6) is 5.75 Å². The van der Waals surface area contributed by atoms with Crippen molar-refractivity contribution in [3.05, 3.63) is 64.7 Å². The van der Waals surface area contributed by atoms with Gasteiger partial charge in [0.1, 0.15) is 12.4 Å². The van der Waals surface area contributed by atoms with Crippen LogP contribution in [0.4, 0.5) is 8.78 Å². The van der Waals surface area contributed by atoms with Crippen LogP contribution in [0.15, 0.2) is 36.4 Å². The zero-order valence-electron chi connectivity index (χ0n) is 11.4. The number of halogens is 3. The van der Waals surface area contributed by atoms with E-state index in [1.54, 1.807) is 6.07 Å². The fourth-order valence-corrected chi connectivity index (χ4v) is 1.86. The Morgan fingerprint density at radius 1 is 1.10 bits per heavy atom. The molecule has 2 aromatic carbocycles. The average Bonchev–Trinajstić information content (AvgIpc) is 2.47. The van der Waals surface area contributed by atoms with E-state index in [0.29, 0.717) is 11.3 Å². The summed E-state index contributed by atoms with van der Waals surface area (Å²) in [7, 11) is 0. The standard InChI is InChI=1S/C17H13ClF2O/c1-12-9-15(6-5-14(12)3-2-8-18)21-11-13-4-7-16(19)17(20)10-13/h4-7,9-10H,8,11H2,1H3. The Morgan fingerprint density at radius 3 is 2.57 bits per heavy atom. The quantitative estimate of drug-likeness (QED) is 0.601. The fourth-order valence-electron chi connectivity index (χ4n) is 1.79. The predicted molar refractivity (Wildman–Crippen MR) is 79.5 cm³/mol. The third kappa shape index (κ3) is 4.21. The van der Waals surface area contributed by atoms with Gasteiger partial charge < -0.3 is 4.74 Å². The van der Waals surface area contributed by atoms with E-state index >= 15 is 0 Å². The summed E-state index contributed by atoms with van der Waals surface area (Å²) >= 11 is 5.52. The van der Waals surface area contributed by atoms with Crippen LogP contribution in [0.3, 0.4) is 0 Å². The van der Waals surface area contributed by atoms with E-state index in [-0.39, 0.29) is 12.5 Å². The lowest BCUT2D eigenvalue weighted by Gasteiger charge is -2.08. The molecule has 0 bridgehead atoms. The summed E-state index contributed by atoms with van der Waals surface area (Å²) in [6.07, 6.45) is 0. The minimum Gasteiger partial charge on any atom is -0.489 e. The SMILES string of the molecule is Cc1cc(OCc2ccc(F)c(F)c2)ccc1C#CCCl. The highest BCUT2D eigenvalue weighted by molar-refractivity contribution is 6.19. The number of benzene rings is 2. The van der Waals surface area contributed by atoms with Gasteiger partial charge in [0.2, 0.25) is 0 Å². The molecule has 0 saturated carbocycles. The third-order valence-corrected chi connectivity index (χ3v) is 3.01. The van der Waals surface area contributed by atoms with Gasteiger partial charge >= 0.3 is 0 Å². The molecule has 0 amide bonds. The van der Waals surface area contributed by atoms with Crippen molar-refractivity contribution in [2.24, 2.45) is 0 Å². The van der Waals surface area contributed by atoms with Crippen LogP contribution in [-0.2, 0) is 6.61 Å². The topological polar surface area (TPSA) is 9.23 Å². The fraction of sp³-hybridized carbons (Fsp3) is 0.176. The Labute approximate surface area is 127 Å². The van der Waals surface area contributed by atoms with Crippen molar-refractivity contribution in [1.29, 1.82) is 0 Å². The van der Waals surface area contributed by atoms with Gasteiger partial charge in [-0.25, -0.2) is 8.78 Å². The van der Waals surface area contributed by atoms with Gasteiger partial charge in [-0.05, 0) is 48.4 Å². The minimum absolute atomic E-state index is 0.170. The molecule has 0 radical (unpaired) electrons. The maximum Gasteiger partial charge on any atom is 0.159 e. The summed E-state index contributed by atoms with van der Waals surface area (Å²) in [5.74, 6) is 4.93. The van der Waals surface area contributed by atoms with Gasteiger partial charge in [0, 0.05) is 5.56 Å². The van der Waals surface area contributed by atoms with Crippen molar-refractivity contribution in [2.75, 3.05) is 5.88 Å². The van der Waals surface area contributed by atoms with Gasteiger partial charge in [-0.2, -0.15) is 0 Å². The zero-order valence-corrected chi connectivity index (χ0v) is 12.2. The van der Waals surface area contributed by atoms with E-state index < -0.39 is 11.6 Å². The first-order valence-electron chi connectivity index (χ1n) is 6.32. The number of ether oxygens (including phenoxy) is 1. The Balaban J connectivity index is 2.06. The van der Waals surface area contributed by atoms with E-state index in [0.717, 1.165) is 23.3 Å². The van der Waals surface area contributed by atoms with Crippen LogP contribution in [0.2, 0.25) is 0 Å². The predicted octanol–water partition coefficient (Wildman–Crippen LogP) is 4.44. The van der Waals surface area contributed by atoms with E-state index in [4.69, 9.17) is 16.3 Å². The third-order valence-electron chi connectivity index (χ3n) is 2.88. The van der Waals surface area contributed by atoms with E-state index in [9.17, 15) is 8.78 Å². The maximum atomic E-state index is 13.1. The monoisotopic (exact) mass is 306 g/mol. The highest BCUT2D eigenvalue weighted by atomic mass is 35.5. The number of hydrogen-bond donors (Lipinski definition) is 0. The van der Waals surface area contributed by atoms with Crippen LogP contribution in [0.25, 0.3) is 0 Å². The largest absolute Gasteiger partial charge is 0.489 e. The molecule has 2 aromatic rings. The van der Waals surface area contributed by atoms with Crippen molar-refractivity contribution in [3.8, 4) is 17.6 Å². The van der Waals surface area contributed by atoms with E-state index in [1.165, 1.54) is 6.07 Å². The lowest BCUT2D eigenvalue weighted by molar-refractivity contribution is 0.305. The van der Waals surface area contributed by atoms with Crippen molar-refractivity contribution in [2.45, 2.75) is 13.5 Å². The lowest BCUT2D eigenvalue weighted by atomic mass is 10.1. The summed E-state index contributed by atoms with van der Waals surface area (Å²) in [5.41, 5.74) is 2.42. The van der Waals surface area contributed by atoms with Gasteiger partial charge in [0.15, 0.2) is 11.6 Å². The van der Waals surface area contributed by atoms with Crippen molar-refractivity contribution >= 4 is 11.6 Å². The summed E-state index contributed by atoms with van der Waals surface area (Å²) in [6, 6.07) is 9.18. The number of aryl methyl sites for hydroxylation is 1. The van der Waals surface area contributed by atoms with Crippen LogP contribution in [-0.4, -0.2) is 5.88 Å². The molecule has 0 atom stereocenters. The molecule has 4 heteroatoms. The van der Waals surface area contributed by atoms with E-state index in [1.807, 2.05) is 19.1 Å². The highest BCUT2D eigenvalue weighted by Crippen LogP contribution is 2.18. The molecule has 0 aliphatic rings. The van der Waals surface area contributed by atoms with Gasteiger partial charge in [-0.3, -0.25) is 0 Å². The van der Waals surface area contributed by atoms with Crippen LogP contribution in [0, 0.1) is 30.4 Å². The molecule has 0 aromatic heterocycles. The van der Waals surface area contributed by atoms with Crippen molar-refractivity contribution in [3.63, 3.8) is 0 Å². The van der Waals surface area contributed by atoms with Crippen molar-refractivity contribution in [1.82, 2.24) is 0 Å². The molecule has 0 aliphatic heterocycles. The molecule has 2 rings (SSSR count). The minimum atomic E-state index is -0.876. The molecule has 0 aliphatic carbocycles. The summed E-state index contributed by atoms with van der Waals surface area (Å²) < 4.78 is 31.5. The molecule has 0 fully saturated rings. The average molecular weight is 307 g/mol. The molecule has 108 valence electrons. The van der Waals surface area contributed by atoms with Gasteiger partial charge in [0.05, 0.1) is 5.88 Å². The molecule has 0 saturated heterocycles. The highest BCUT2D eigenvalue weighted by Gasteiger charge is 2.04. The molecule has 21 heavy (non-hydrogen) atoms. The zero-order chi connectivity index (χ0) is 15.2. The Morgan fingerprint density at radius 2 is 1.90 bits per heavy atom. The Hall–Kier alpha value is -2.05. The van der Waals surface area contributed by atoms with Gasteiger partial charge in [-0.1, -0.05) is 17.9 Å². The van der Waals surface area contributed by atoms with E-state index in [2.05, 4.69) is 11.8 Å². The van der Waals surface area contributed by atoms with Crippen LogP contribution >= 0.6 is 11.6 Å². The molecular formula is C17H13ClF2O. The first-order valence-corrected chi connectivity index (χ1v) is 6.86. The second kappa shape index (κ2) is 7.10. The molecular weight excluding hydrogens is 294 g/mol. The van der Waals surface area contributed by atoms with Crippen molar-refractivity contribution < 1.29 is 13.5 Å². The van der Waals surface area contributed by atoms with Gasteiger partial charge in [-0.15, -0.1) is 11.6 Å². The summed E-state index contributed by atoms with van der Waals surface area (Å²) in [4.78, 5) is 0. The van der Waals surface area contributed by atoms with Gasteiger partial charge in [0.25, 0.3) is 0 Å². The Kier molecular flexibility index (Phi) is 5.19. The molecule has 0 unspecified atom stereocenters. The lowest BCUT2D eigenvalue weighted by Crippen LogP contribution is -1.98.